The third-order valence-electron chi connectivity index (χ3n) is 6.38. The molecule has 6 nitrogen and oxygen atoms in total. The molecule has 170 valence electrons. The van der Waals surface area contributed by atoms with Crippen LogP contribution in [0.25, 0.3) is 5.65 Å². The van der Waals surface area contributed by atoms with Crippen LogP contribution >= 0.6 is 0 Å². The first kappa shape index (κ1) is 22.8. The van der Waals surface area contributed by atoms with Crippen molar-refractivity contribution in [1.82, 2.24) is 19.3 Å². The molecule has 4 heterocycles. The fourth-order valence-corrected chi connectivity index (χ4v) is 4.68. The van der Waals surface area contributed by atoms with Gasteiger partial charge in [0.15, 0.2) is 0 Å². The summed E-state index contributed by atoms with van der Waals surface area (Å²) >= 11 is 0. The van der Waals surface area contributed by atoms with Gasteiger partial charge in [-0.25, -0.2) is 4.98 Å². The lowest BCUT2D eigenvalue weighted by molar-refractivity contribution is -0.125. The molecule has 1 fully saturated rings. The number of likely N-dealkylation sites (tertiary alicyclic amines) is 1. The van der Waals surface area contributed by atoms with Crippen molar-refractivity contribution in [3.63, 3.8) is 0 Å². The van der Waals surface area contributed by atoms with Crippen molar-refractivity contribution in [2.75, 3.05) is 7.05 Å². The second-order valence-electron chi connectivity index (χ2n) is 8.56. The molecule has 1 saturated heterocycles. The van der Waals surface area contributed by atoms with E-state index in [9.17, 15) is 4.79 Å². The van der Waals surface area contributed by atoms with E-state index >= 15 is 0 Å². The summed E-state index contributed by atoms with van der Waals surface area (Å²) in [5.41, 5.74) is 6.06. The minimum atomic E-state index is -0.0775. The number of carbonyl (C=O) groups excluding carboxylic acids is 1. The smallest absolute Gasteiger partial charge is 0.137 e. The van der Waals surface area contributed by atoms with E-state index in [1.54, 1.807) is 12.4 Å². The highest BCUT2D eigenvalue weighted by Crippen LogP contribution is 2.38. The van der Waals surface area contributed by atoms with Gasteiger partial charge in [0.25, 0.3) is 0 Å². The summed E-state index contributed by atoms with van der Waals surface area (Å²) in [5.74, 6) is 0.252. The third-order valence-corrected chi connectivity index (χ3v) is 6.38. The number of aryl methyl sites for hydroxylation is 2. The fourth-order valence-electron chi connectivity index (χ4n) is 4.68. The van der Waals surface area contributed by atoms with Gasteiger partial charge in [-0.15, -0.1) is 0 Å². The Morgan fingerprint density at radius 1 is 1.24 bits per heavy atom. The van der Waals surface area contributed by atoms with Gasteiger partial charge in [0.2, 0.25) is 0 Å². The maximum absolute atomic E-state index is 12.8. The lowest BCUT2D eigenvalue weighted by Gasteiger charge is -2.38. The number of pyridine rings is 2. The van der Waals surface area contributed by atoms with Crippen molar-refractivity contribution in [2.45, 2.75) is 51.6 Å². The van der Waals surface area contributed by atoms with E-state index in [1.807, 2.05) is 37.3 Å². The quantitative estimate of drug-likeness (QED) is 0.472. The molecule has 4 rings (SSSR count). The summed E-state index contributed by atoms with van der Waals surface area (Å²) in [7, 11) is 2.08. The molecule has 2 unspecified atom stereocenters. The minimum absolute atomic E-state index is 0.0414. The van der Waals surface area contributed by atoms with Crippen molar-refractivity contribution in [2.24, 2.45) is 4.99 Å². The molecule has 1 aliphatic rings. The summed E-state index contributed by atoms with van der Waals surface area (Å²) in [6.45, 7) is 7.76. The SMILES string of the molecule is C=CN=C(/C=C\C)CCc1cccc2nc(C3CC(=O)CC(c4ncccc4C)N3C)cn12. The molecule has 0 spiro atoms. The Bertz CT molecular complexity index is 1220. The number of aromatic nitrogens is 3. The molecule has 2 atom stereocenters. The van der Waals surface area contributed by atoms with Gasteiger partial charge in [0, 0.05) is 42.8 Å². The number of hydrogen-bond donors (Lipinski definition) is 0. The Kier molecular flexibility index (Phi) is 6.94. The molecule has 6 heteroatoms. The predicted octanol–water partition coefficient (Wildman–Crippen LogP) is 5.21. The van der Waals surface area contributed by atoms with E-state index < -0.39 is 0 Å². The van der Waals surface area contributed by atoms with Gasteiger partial charge in [-0.2, -0.15) is 0 Å². The summed E-state index contributed by atoms with van der Waals surface area (Å²) in [6.07, 6.45) is 12.1. The zero-order chi connectivity index (χ0) is 23.4. The van der Waals surface area contributed by atoms with Crippen LogP contribution < -0.4 is 0 Å². The molecular weight excluding hydrogens is 410 g/mol. The van der Waals surface area contributed by atoms with Crippen LogP contribution in [0, 0.1) is 6.92 Å². The monoisotopic (exact) mass is 441 g/mol. The Morgan fingerprint density at radius 3 is 2.82 bits per heavy atom. The van der Waals surface area contributed by atoms with Gasteiger partial charge >= 0.3 is 0 Å². The zero-order valence-electron chi connectivity index (χ0n) is 19.6. The van der Waals surface area contributed by atoms with Gasteiger partial charge in [-0.1, -0.05) is 24.8 Å². The maximum atomic E-state index is 12.8. The molecule has 1 aliphatic heterocycles. The van der Waals surface area contributed by atoms with Crippen molar-refractivity contribution in [3.05, 3.63) is 90.3 Å². The predicted molar refractivity (Wildman–Crippen MR) is 132 cm³/mol. The highest BCUT2D eigenvalue weighted by atomic mass is 16.1. The molecule has 3 aromatic heterocycles. The molecular formula is C27H31N5O. The summed E-state index contributed by atoms with van der Waals surface area (Å²) < 4.78 is 2.14. The van der Waals surface area contributed by atoms with Crippen LogP contribution in [0.3, 0.4) is 0 Å². The van der Waals surface area contributed by atoms with Crippen molar-refractivity contribution in [3.8, 4) is 0 Å². The van der Waals surface area contributed by atoms with Gasteiger partial charge in [0.05, 0.1) is 23.5 Å². The molecule has 0 bridgehead atoms. The summed E-state index contributed by atoms with van der Waals surface area (Å²) in [4.78, 5) is 28.9. The highest BCUT2D eigenvalue weighted by Gasteiger charge is 2.36. The van der Waals surface area contributed by atoms with E-state index in [2.05, 4.69) is 58.2 Å². The lowest BCUT2D eigenvalue weighted by Crippen LogP contribution is -2.37. The van der Waals surface area contributed by atoms with Crippen LogP contribution in [-0.4, -0.2) is 37.8 Å². The maximum Gasteiger partial charge on any atom is 0.137 e. The largest absolute Gasteiger partial charge is 0.304 e. The molecule has 0 aromatic carbocycles. The molecule has 0 saturated carbocycles. The number of fused-ring (bicyclic) bond motifs is 1. The number of ketones is 1. The number of allylic oxidation sites excluding steroid dienone is 2. The molecule has 33 heavy (non-hydrogen) atoms. The van der Waals surface area contributed by atoms with Gasteiger partial charge < -0.3 is 4.40 Å². The Hall–Kier alpha value is -3.38. The standard InChI is InChI=1S/C27H31N5O/c1-5-9-20(28-6-2)13-14-21-11-7-12-26-30-23(18-32(21)26)24-16-22(33)17-25(31(24)4)27-19(3)10-8-15-29-27/h5-12,15,18,24-25H,2,13-14,16-17H2,1,3-4H3/b9-5-,28-20?. The van der Waals surface area contributed by atoms with Crippen LogP contribution in [0.15, 0.2) is 72.6 Å². The number of nitrogens with zero attached hydrogens (tertiary/aromatic N) is 5. The zero-order valence-corrected chi connectivity index (χ0v) is 19.6. The number of piperidine rings is 1. The van der Waals surface area contributed by atoms with E-state index in [-0.39, 0.29) is 17.9 Å². The van der Waals surface area contributed by atoms with Crippen LogP contribution in [-0.2, 0) is 11.2 Å². The van der Waals surface area contributed by atoms with Crippen molar-refractivity contribution in [1.29, 1.82) is 0 Å². The number of imidazole rings is 1. The van der Waals surface area contributed by atoms with Crippen molar-refractivity contribution < 1.29 is 4.79 Å². The van der Waals surface area contributed by atoms with E-state index in [4.69, 9.17) is 4.98 Å². The third kappa shape index (κ3) is 4.86. The fraction of sp³-hybridized carbons (Fsp3) is 0.333. The highest BCUT2D eigenvalue weighted by molar-refractivity contribution is 5.95. The number of rotatable bonds is 7. The Morgan fingerprint density at radius 2 is 2.06 bits per heavy atom. The van der Waals surface area contributed by atoms with Gasteiger partial charge in [-0.05, 0) is 63.6 Å². The van der Waals surface area contributed by atoms with Gasteiger partial charge in [0.1, 0.15) is 11.4 Å². The van der Waals surface area contributed by atoms with Crippen LogP contribution in [0.5, 0.6) is 0 Å². The topological polar surface area (TPSA) is 62.9 Å². The average molecular weight is 442 g/mol. The summed E-state index contributed by atoms with van der Waals surface area (Å²) in [6, 6.07) is 10.0. The summed E-state index contributed by atoms with van der Waals surface area (Å²) in [5, 5.41) is 0. The van der Waals surface area contributed by atoms with Crippen LogP contribution in [0.4, 0.5) is 0 Å². The number of carbonyl (C=O) groups is 1. The van der Waals surface area contributed by atoms with Gasteiger partial charge in [-0.3, -0.25) is 19.7 Å². The first-order valence-corrected chi connectivity index (χ1v) is 11.4. The minimum Gasteiger partial charge on any atom is -0.304 e. The molecule has 0 N–H and O–H groups in total. The van der Waals surface area contributed by atoms with E-state index in [0.29, 0.717) is 12.8 Å². The second-order valence-corrected chi connectivity index (χ2v) is 8.56. The molecule has 0 amide bonds. The lowest BCUT2D eigenvalue weighted by atomic mass is 9.90. The number of Topliss-reactive ketones (excluding diaryl/α,β-unsaturated/α-hetero) is 1. The van der Waals surface area contributed by atoms with E-state index in [0.717, 1.165) is 46.8 Å². The van der Waals surface area contributed by atoms with E-state index in [1.165, 1.54) is 0 Å². The number of aliphatic imine (C=N–C) groups is 1. The molecule has 0 aliphatic carbocycles. The molecule has 3 aromatic rings. The molecule has 0 radical (unpaired) electrons. The first-order valence-electron chi connectivity index (χ1n) is 11.4. The Balaban J connectivity index is 1.63. The normalized spacial score (nSPS) is 20.1. The first-order chi connectivity index (χ1) is 16.0. The average Bonchev–Trinajstić information content (AvgIpc) is 3.24. The Labute approximate surface area is 195 Å². The van der Waals surface area contributed by atoms with Crippen molar-refractivity contribution >= 4 is 17.1 Å². The van der Waals surface area contributed by atoms with Crippen LogP contribution in [0.1, 0.15) is 60.9 Å². The second kappa shape index (κ2) is 10.0. The van der Waals surface area contributed by atoms with Crippen LogP contribution in [0.2, 0.25) is 0 Å². The number of hydrogen-bond acceptors (Lipinski definition) is 5.